The fraction of sp³-hybridized carbons (Fsp3) is 0.417. The first-order chi connectivity index (χ1) is 8.95. The number of halogens is 1. The summed E-state index contributed by atoms with van der Waals surface area (Å²) in [7, 11) is 5.38. The van der Waals surface area contributed by atoms with Crippen molar-refractivity contribution in [1.82, 2.24) is 24.8 Å². The Bertz CT molecular complexity index is 595. The zero-order valence-corrected chi connectivity index (χ0v) is 12.7. The van der Waals surface area contributed by atoms with Gasteiger partial charge in [-0.05, 0) is 29.0 Å². The predicted octanol–water partition coefficient (Wildman–Crippen LogP) is 1.24. The van der Waals surface area contributed by atoms with Crippen LogP contribution in [0.25, 0.3) is 11.2 Å². The molecule has 0 saturated carbocycles. The number of pyridine rings is 1. The van der Waals surface area contributed by atoms with Crippen LogP contribution in [0.1, 0.15) is 5.82 Å². The number of fused-ring (bicyclic) bond motifs is 1. The number of amides is 1. The van der Waals surface area contributed by atoms with Crippen LogP contribution in [0.3, 0.4) is 0 Å². The Morgan fingerprint density at radius 3 is 2.84 bits per heavy atom. The third-order valence-corrected chi connectivity index (χ3v) is 3.11. The normalized spacial score (nSPS) is 11.2. The van der Waals surface area contributed by atoms with Gasteiger partial charge in [0.1, 0.15) is 5.82 Å². The summed E-state index contributed by atoms with van der Waals surface area (Å²) in [5, 5.41) is 0. The molecular formula is C12H16BrN5O. The van der Waals surface area contributed by atoms with Crippen LogP contribution in [-0.2, 0) is 11.3 Å². The van der Waals surface area contributed by atoms with E-state index in [1.54, 1.807) is 25.2 Å². The average molecular weight is 326 g/mol. The molecule has 2 aromatic heterocycles. The minimum absolute atomic E-state index is 0.0690. The van der Waals surface area contributed by atoms with Gasteiger partial charge in [0.15, 0.2) is 5.65 Å². The molecule has 0 radical (unpaired) electrons. The van der Waals surface area contributed by atoms with Gasteiger partial charge in [0, 0.05) is 24.8 Å². The molecular weight excluding hydrogens is 310 g/mol. The van der Waals surface area contributed by atoms with Crippen LogP contribution in [0.5, 0.6) is 0 Å². The molecule has 102 valence electrons. The van der Waals surface area contributed by atoms with Gasteiger partial charge in [-0.3, -0.25) is 9.69 Å². The molecule has 0 spiro atoms. The number of likely N-dealkylation sites (N-methyl/N-ethyl adjacent to an activating group) is 2. The fourth-order valence-corrected chi connectivity index (χ4v) is 2.01. The molecule has 0 saturated heterocycles. The standard InChI is InChI=1S/C12H16BrN5O/c1-17(2)11(19)7-18(3)6-10-15-9-4-8(13)5-14-12(9)16-10/h4-5H,6-7H2,1-3H3,(H,14,15,16). The molecule has 0 aliphatic carbocycles. The van der Waals surface area contributed by atoms with Gasteiger partial charge < -0.3 is 9.88 Å². The van der Waals surface area contributed by atoms with Crippen molar-refractivity contribution in [2.45, 2.75) is 6.54 Å². The maximum atomic E-state index is 11.6. The lowest BCUT2D eigenvalue weighted by atomic mass is 10.4. The molecule has 2 heterocycles. The molecule has 2 aromatic rings. The third-order valence-electron chi connectivity index (χ3n) is 2.68. The average Bonchev–Trinajstić information content (AvgIpc) is 2.69. The molecule has 6 nitrogen and oxygen atoms in total. The van der Waals surface area contributed by atoms with E-state index >= 15 is 0 Å². The molecule has 0 aliphatic rings. The number of nitrogens with zero attached hydrogens (tertiary/aromatic N) is 4. The van der Waals surface area contributed by atoms with E-state index in [-0.39, 0.29) is 5.91 Å². The first kappa shape index (κ1) is 14.0. The molecule has 0 atom stereocenters. The monoisotopic (exact) mass is 325 g/mol. The van der Waals surface area contributed by atoms with Crippen molar-refractivity contribution in [1.29, 1.82) is 0 Å². The summed E-state index contributed by atoms with van der Waals surface area (Å²) in [5.41, 5.74) is 1.57. The molecule has 1 N–H and O–H groups in total. The second-order valence-corrected chi connectivity index (χ2v) is 5.58. The summed E-state index contributed by atoms with van der Waals surface area (Å²) >= 11 is 3.37. The van der Waals surface area contributed by atoms with Gasteiger partial charge in [-0.2, -0.15) is 0 Å². The van der Waals surface area contributed by atoms with Crippen molar-refractivity contribution in [3.05, 3.63) is 22.6 Å². The van der Waals surface area contributed by atoms with Crippen LogP contribution in [0, 0.1) is 0 Å². The maximum absolute atomic E-state index is 11.6. The quantitative estimate of drug-likeness (QED) is 0.918. The van der Waals surface area contributed by atoms with Gasteiger partial charge in [-0.1, -0.05) is 0 Å². The van der Waals surface area contributed by atoms with Gasteiger partial charge in [0.05, 0.1) is 18.6 Å². The Balaban J connectivity index is 2.06. The van der Waals surface area contributed by atoms with Crippen LogP contribution < -0.4 is 0 Å². The number of carbonyl (C=O) groups excluding carboxylic acids is 1. The number of hydrogen-bond donors (Lipinski definition) is 1. The fourth-order valence-electron chi connectivity index (χ4n) is 1.68. The van der Waals surface area contributed by atoms with Crippen LogP contribution in [0.15, 0.2) is 16.7 Å². The number of hydrogen-bond acceptors (Lipinski definition) is 4. The van der Waals surface area contributed by atoms with E-state index in [0.29, 0.717) is 18.7 Å². The number of rotatable bonds is 4. The highest BCUT2D eigenvalue weighted by Crippen LogP contribution is 2.15. The van der Waals surface area contributed by atoms with Gasteiger partial charge in [0.25, 0.3) is 0 Å². The second-order valence-electron chi connectivity index (χ2n) is 4.67. The maximum Gasteiger partial charge on any atom is 0.236 e. The Hall–Kier alpha value is -1.47. The molecule has 0 bridgehead atoms. The van der Waals surface area contributed by atoms with Crippen molar-refractivity contribution < 1.29 is 4.79 Å². The van der Waals surface area contributed by atoms with Gasteiger partial charge in [0.2, 0.25) is 5.91 Å². The zero-order chi connectivity index (χ0) is 14.0. The van der Waals surface area contributed by atoms with E-state index in [9.17, 15) is 4.79 Å². The molecule has 0 aliphatic heterocycles. The molecule has 0 aromatic carbocycles. The number of carbonyl (C=O) groups is 1. The number of H-pyrrole nitrogens is 1. The second kappa shape index (κ2) is 5.66. The van der Waals surface area contributed by atoms with Crippen LogP contribution in [0.4, 0.5) is 0 Å². The lowest BCUT2D eigenvalue weighted by molar-refractivity contribution is -0.129. The summed E-state index contributed by atoms with van der Waals surface area (Å²) in [6.07, 6.45) is 1.71. The van der Waals surface area contributed by atoms with Gasteiger partial charge in [-0.25, -0.2) is 9.97 Å². The SMILES string of the molecule is CN(CC(=O)N(C)C)Cc1nc2ncc(Br)cc2[nH]1. The van der Waals surface area contributed by atoms with E-state index in [2.05, 4.69) is 30.9 Å². The molecule has 0 fully saturated rings. The van der Waals surface area contributed by atoms with Crippen molar-refractivity contribution in [2.75, 3.05) is 27.7 Å². The van der Waals surface area contributed by atoms with Crippen LogP contribution in [-0.4, -0.2) is 58.3 Å². The molecule has 19 heavy (non-hydrogen) atoms. The summed E-state index contributed by atoms with van der Waals surface area (Å²) in [4.78, 5) is 26.9. The summed E-state index contributed by atoms with van der Waals surface area (Å²) < 4.78 is 0.909. The number of nitrogens with one attached hydrogen (secondary N) is 1. The summed E-state index contributed by atoms with van der Waals surface area (Å²) in [5.74, 6) is 0.870. The smallest absolute Gasteiger partial charge is 0.236 e. The zero-order valence-electron chi connectivity index (χ0n) is 11.1. The van der Waals surface area contributed by atoms with E-state index in [0.717, 1.165) is 15.8 Å². The highest BCUT2D eigenvalue weighted by Gasteiger charge is 2.11. The third kappa shape index (κ3) is 3.51. The lowest BCUT2D eigenvalue weighted by Gasteiger charge is -2.17. The van der Waals surface area contributed by atoms with E-state index in [1.807, 2.05) is 18.0 Å². The minimum Gasteiger partial charge on any atom is -0.348 e. The Morgan fingerprint density at radius 1 is 1.42 bits per heavy atom. The largest absolute Gasteiger partial charge is 0.348 e. The first-order valence-electron chi connectivity index (χ1n) is 5.84. The Morgan fingerprint density at radius 2 is 2.16 bits per heavy atom. The predicted molar refractivity (Wildman–Crippen MR) is 76.6 cm³/mol. The van der Waals surface area contributed by atoms with E-state index in [4.69, 9.17) is 0 Å². The summed E-state index contributed by atoms with van der Waals surface area (Å²) in [6.45, 7) is 0.939. The highest BCUT2D eigenvalue weighted by atomic mass is 79.9. The number of imidazole rings is 1. The van der Waals surface area contributed by atoms with Crippen molar-refractivity contribution in [2.24, 2.45) is 0 Å². The topological polar surface area (TPSA) is 65.1 Å². The van der Waals surface area contributed by atoms with Gasteiger partial charge in [-0.15, -0.1) is 0 Å². The molecule has 0 unspecified atom stereocenters. The van der Waals surface area contributed by atoms with Crippen LogP contribution in [0.2, 0.25) is 0 Å². The van der Waals surface area contributed by atoms with E-state index < -0.39 is 0 Å². The highest BCUT2D eigenvalue weighted by molar-refractivity contribution is 9.10. The van der Waals surface area contributed by atoms with Crippen molar-refractivity contribution in [3.8, 4) is 0 Å². The molecule has 1 amide bonds. The van der Waals surface area contributed by atoms with Crippen molar-refractivity contribution in [3.63, 3.8) is 0 Å². The van der Waals surface area contributed by atoms with Crippen LogP contribution >= 0.6 is 15.9 Å². The lowest BCUT2D eigenvalue weighted by Crippen LogP contribution is -2.34. The number of aromatic nitrogens is 3. The Kier molecular flexibility index (Phi) is 4.16. The number of aromatic amines is 1. The molecule has 2 rings (SSSR count). The van der Waals surface area contributed by atoms with Crippen molar-refractivity contribution >= 4 is 33.0 Å². The summed E-state index contributed by atoms with van der Waals surface area (Å²) in [6, 6.07) is 1.93. The van der Waals surface area contributed by atoms with E-state index in [1.165, 1.54) is 0 Å². The van der Waals surface area contributed by atoms with Gasteiger partial charge >= 0.3 is 0 Å². The molecule has 7 heteroatoms. The minimum atomic E-state index is 0.0690. The Labute approximate surface area is 119 Å². The first-order valence-corrected chi connectivity index (χ1v) is 6.64.